The second-order valence-corrected chi connectivity index (χ2v) is 6.01. The van der Waals surface area contributed by atoms with Gasteiger partial charge in [0.15, 0.2) is 0 Å². The molecule has 3 heteroatoms. The molecule has 1 saturated carbocycles. The van der Waals surface area contributed by atoms with Gasteiger partial charge in [-0.1, -0.05) is 20.3 Å². The van der Waals surface area contributed by atoms with E-state index in [2.05, 4.69) is 32.7 Å². The van der Waals surface area contributed by atoms with Gasteiger partial charge in [0, 0.05) is 25.2 Å². The van der Waals surface area contributed by atoms with Crippen molar-refractivity contribution in [3.63, 3.8) is 0 Å². The Hall–Kier alpha value is -0.120. The minimum absolute atomic E-state index is 0.162. The van der Waals surface area contributed by atoms with Crippen LogP contribution in [0, 0.1) is 11.8 Å². The van der Waals surface area contributed by atoms with Gasteiger partial charge in [0.2, 0.25) is 0 Å². The van der Waals surface area contributed by atoms with Gasteiger partial charge in [-0.15, -0.1) is 0 Å². The second kappa shape index (κ2) is 6.17. The Balaban J connectivity index is 2.84. The minimum atomic E-state index is 0.162. The quantitative estimate of drug-likeness (QED) is 0.802. The standard InChI is InChI=1S/C14H30N2O/c1-11-6-7-12(2)14(8-11,10-15)16(4)13(3)9-17-5/h11-13H,6-10,15H2,1-5H3. The van der Waals surface area contributed by atoms with Gasteiger partial charge in [-0.3, -0.25) is 4.90 Å². The second-order valence-electron chi connectivity index (χ2n) is 6.01. The first-order valence-corrected chi connectivity index (χ1v) is 6.90. The Bertz CT molecular complexity index is 234. The van der Waals surface area contributed by atoms with Crippen molar-refractivity contribution in [3.8, 4) is 0 Å². The van der Waals surface area contributed by atoms with Crippen molar-refractivity contribution in [1.82, 2.24) is 4.90 Å². The molecule has 0 aromatic rings. The van der Waals surface area contributed by atoms with Gasteiger partial charge in [0.25, 0.3) is 0 Å². The van der Waals surface area contributed by atoms with Gasteiger partial charge < -0.3 is 10.5 Å². The summed E-state index contributed by atoms with van der Waals surface area (Å²) in [5.41, 5.74) is 6.31. The molecule has 17 heavy (non-hydrogen) atoms. The fraction of sp³-hybridized carbons (Fsp3) is 1.00. The molecule has 1 aliphatic rings. The number of nitrogens with two attached hydrogens (primary N) is 1. The molecule has 0 aromatic carbocycles. The summed E-state index contributed by atoms with van der Waals surface area (Å²) in [6.07, 6.45) is 3.85. The van der Waals surface area contributed by atoms with E-state index in [1.54, 1.807) is 7.11 Å². The van der Waals surface area contributed by atoms with Crippen LogP contribution < -0.4 is 5.73 Å². The molecule has 0 amide bonds. The number of ether oxygens (including phenoxy) is 1. The van der Waals surface area contributed by atoms with Gasteiger partial charge in [0.1, 0.15) is 0 Å². The van der Waals surface area contributed by atoms with E-state index in [0.717, 1.165) is 19.1 Å². The zero-order valence-corrected chi connectivity index (χ0v) is 12.2. The van der Waals surface area contributed by atoms with Crippen LogP contribution in [0.5, 0.6) is 0 Å². The first-order chi connectivity index (χ1) is 7.97. The SMILES string of the molecule is COCC(C)N(C)C1(CN)CC(C)CCC1C. The van der Waals surface area contributed by atoms with E-state index in [9.17, 15) is 0 Å². The van der Waals surface area contributed by atoms with Crippen LogP contribution in [-0.4, -0.2) is 43.8 Å². The fourth-order valence-corrected chi connectivity index (χ4v) is 3.42. The summed E-state index contributed by atoms with van der Waals surface area (Å²) in [4.78, 5) is 2.47. The smallest absolute Gasteiger partial charge is 0.0615 e. The zero-order valence-electron chi connectivity index (χ0n) is 12.2. The van der Waals surface area contributed by atoms with Crippen molar-refractivity contribution in [2.24, 2.45) is 17.6 Å². The number of hydrogen-bond donors (Lipinski definition) is 1. The van der Waals surface area contributed by atoms with Crippen molar-refractivity contribution in [2.75, 3.05) is 27.3 Å². The molecular formula is C14H30N2O. The van der Waals surface area contributed by atoms with Gasteiger partial charge in [-0.05, 0) is 38.6 Å². The van der Waals surface area contributed by atoms with Gasteiger partial charge >= 0.3 is 0 Å². The van der Waals surface area contributed by atoms with Gasteiger partial charge in [0.05, 0.1) is 6.61 Å². The van der Waals surface area contributed by atoms with Crippen LogP contribution in [0.4, 0.5) is 0 Å². The van der Waals surface area contributed by atoms with Crippen LogP contribution in [-0.2, 0) is 4.74 Å². The van der Waals surface area contributed by atoms with E-state index in [1.165, 1.54) is 19.3 Å². The first-order valence-electron chi connectivity index (χ1n) is 6.90. The molecule has 0 spiro atoms. The van der Waals surface area contributed by atoms with E-state index in [-0.39, 0.29) is 5.54 Å². The highest BCUT2D eigenvalue weighted by molar-refractivity contribution is 5.00. The number of nitrogens with zero attached hydrogens (tertiary/aromatic N) is 1. The van der Waals surface area contributed by atoms with Gasteiger partial charge in [-0.2, -0.15) is 0 Å². The lowest BCUT2D eigenvalue weighted by atomic mass is 9.68. The third kappa shape index (κ3) is 3.01. The molecule has 3 nitrogen and oxygen atoms in total. The molecule has 0 heterocycles. The maximum atomic E-state index is 6.14. The van der Waals surface area contributed by atoms with Crippen LogP contribution in [0.1, 0.15) is 40.0 Å². The van der Waals surface area contributed by atoms with Crippen molar-refractivity contribution in [3.05, 3.63) is 0 Å². The Morgan fingerprint density at radius 2 is 2.06 bits per heavy atom. The molecule has 1 fully saturated rings. The number of rotatable bonds is 5. The van der Waals surface area contributed by atoms with Crippen LogP contribution in [0.25, 0.3) is 0 Å². The van der Waals surface area contributed by atoms with Crippen LogP contribution in [0.15, 0.2) is 0 Å². The molecule has 4 atom stereocenters. The average molecular weight is 242 g/mol. The van der Waals surface area contributed by atoms with Crippen molar-refractivity contribution >= 4 is 0 Å². The monoisotopic (exact) mass is 242 g/mol. The molecule has 0 aliphatic heterocycles. The molecule has 0 bridgehead atoms. The Morgan fingerprint density at radius 3 is 2.59 bits per heavy atom. The fourth-order valence-electron chi connectivity index (χ4n) is 3.42. The molecule has 1 aliphatic carbocycles. The molecule has 0 aromatic heterocycles. The highest BCUT2D eigenvalue weighted by Crippen LogP contribution is 2.40. The summed E-state index contributed by atoms with van der Waals surface area (Å²) >= 11 is 0. The van der Waals surface area contributed by atoms with Crippen molar-refractivity contribution in [2.45, 2.75) is 51.6 Å². The summed E-state index contributed by atoms with van der Waals surface area (Å²) in [6, 6.07) is 0.427. The summed E-state index contributed by atoms with van der Waals surface area (Å²) in [5.74, 6) is 1.46. The maximum absolute atomic E-state index is 6.14. The number of likely N-dealkylation sites (N-methyl/N-ethyl adjacent to an activating group) is 1. The predicted octanol–water partition coefficient (Wildman–Crippen LogP) is 2.11. The Morgan fingerprint density at radius 1 is 1.41 bits per heavy atom. The lowest BCUT2D eigenvalue weighted by Crippen LogP contribution is -2.62. The van der Waals surface area contributed by atoms with Crippen LogP contribution in [0.3, 0.4) is 0 Å². The van der Waals surface area contributed by atoms with E-state index in [1.807, 2.05) is 0 Å². The predicted molar refractivity (Wildman–Crippen MR) is 73.1 cm³/mol. The summed E-state index contributed by atoms with van der Waals surface area (Å²) in [7, 11) is 3.98. The van der Waals surface area contributed by atoms with E-state index in [4.69, 9.17) is 10.5 Å². The van der Waals surface area contributed by atoms with Crippen molar-refractivity contribution in [1.29, 1.82) is 0 Å². The molecule has 4 unspecified atom stereocenters. The summed E-state index contributed by atoms with van der Waals surface area (Å²) < 4.78 is 5.28. The lowest BCUT2D eigenvalue weighted by molar-refractivity contribution is -0.0281. The highest BCUT2D eigenvalue weighted by Gasteiger charge is 2.43. The largest absolute Gasteiger partial charge is 0.383 e. The molecule has 1 rings (SSSR count). The Labute approximate surface area is 107 Å². The zero-order chi connectivity index (χ0) is 13.1. The molecule has 102 valence electrons. The summed E-state index contributed by atoms with van der Waals surface area (Å²) in [6.45, 7) is 8.47. The third-order valence-corrected chi connectivity index (χ3v) is 4.84. The molecular weight excluding hydrogens is 212 g/mol. The molecule has 2 N–H and O–H groups in total. The van der Waals surface area contributed by atoms with Crippen LogP contribution in [0.2, 0.25) is 0 Å². The summed E-state index contributed by atoms with van der Waals surface area (Å²) in [5, 5.41) is 0. The molecule has 0 radical (unpaired) electrons. The number of hydrogen-bond acceptors (Lipinski definition) is 3. The van der Waals surface area contributed by atoms with E-state index < -0.39 is 0 Å². The Kier molecular flexibility index (Phi) is 5.42. The first kappa shape index (κ1) is 14.9. The maximum Gasteiger partial charge on any atom is 0.0615 e. The number of methoxy groups -OCH3 is 1. The molecule has 0 saturated heterocycles. The lowest BCUT2D eigenvalue weighted by Gasteiger charge is -2.52. The average Bonchev–Trinajstić information content (AvgIpc) is 2.31. The highest BCUT2D eigenvalue weighted by atomic mass is 16.5. The van der Waals surface area contributed by atoms with Gasteiger partial charge in [-0.25, -0.2) is 0 Å². The van der Waals surface area contributed by atoms with Crippen LogP contribution >= 0.6 is 0 Å². The minimum Gasteiger partial charge on any atom is -0.383 e. The topological polar surface area (TPSA) is 38.5 Å². The normalized spacial score (nSPS) is 36.2. The van der Waals surface area contributed by atoms with Crippen molar-refractivity contribution < 1.29 is 4.74 Å². The third-order valence-electron chi connectivity index (χ3n) is 4.84. The van der Waals surface area contributed by atoms with E-state index >= 15 is 0 Å². The van der Waals surface area contributed by atoms with E-state index in [0.29, 0.717) is 12.0 Å².